The zero-order valence-corrected chi connectivity index (χ0v) is 16.7. The summed E-state index contributed by atoms with van der Waals surface area (Å²) >= 11 is 0. The van der Waals surface area contributed by atoms with E-state index in [1.165, 1.54) is 0 Å². The molecule has 1 aliphatic heterocycles. The van der Waals surface area contributed by atoms with Crippen LogP contribution in [-0.2, 0) is 16.0 Å². The molecule has 8 nitrogen and oxygen atoms in total. The number of hydrogen-bond acceptors (Lipinski definition) is 4. The SMILES string of the molecule is CCC1CCC2(CC1)NC(=O)N(CC(=O)NCCc1cn3ccccc3n1)C2=O. The number of nitrogens with one attached hydrogen (secondary N) is 2. The highest BCUT2D eigenvalue weighted by atomic mass is 16.2. The molecule has 1 spiro atoms. The number of urea groups is 1. The van der Waals surface area contributed by atoms with Gasteiger partial charge in [-0.1, -0.05) is 19.4 Å². The fourth-order valence-corrected chi connectivity index (χ4v) is 4.37. The van der Waals surface area contributed by atoms with Crippen molar-refractivity contribution in [1.29, 1.82) is 0 Å². The average Bonchev–Trinajstić information content (AvgIpc) is 3.23. The number of imidazole rings is 1. The van der Waals surface area contributed by atoms with Crippen molar-refractivity contribution in [3.05, 3.63) is 36.3 Å². The van der Waals surface area contributed by atoms with Gasteiger partial charge in [-0.25, -0.2) is 9.78 Å². The Morgan fingerprint density at radius 2 is 2.10 bits per heavy atom. The quantitative estimate of drug-likeness (QED) is 0.728. The summed E-state index contributed by atoms with van der Waals surface area (Å²) in [5.74, 6) is 0.0198. The first-order chi connectivity index (χ1) is 14.0. The zero-order valence-electron chi connectivity index (χ0n) is 16.7. The van der Waals surface area contributed by atoms with E-state index in [-0.39, 0.29) is 18.4 Å². The van der Waals surface area contributed by atoms with Gasteiger partial charge >= 0.3 is 6.03 Å². The molecular weight excluding hydrogens is 370 g/mol. The number of fused-ring (bicyclic) bond motifs is 1. The van der Waals surface area contributed by atoms with Gasteiger partial charge in [0.15, 0.2) is 0 Å². The van der Waals surface area contributed by atoms with Crippen LogP contribution in [0.4, 0.5) is 4.79 Å². The molecule has 0 radical (unpaired) electrons. The Bertz CT molecular complexity index is 896. The van der Waals surface area contributed by atoms with Crippen LogP contribution in [0.1, 0.15) is 44.7 Å². The van der Waals surface area contributed by atoms with Gasteiger partial charge < -0.3 is 15.0 Å². The highest BCUT2D eigenvalue weighted by molar-refractivity contribution is 6.09. The minimum absolute atomic E-state index is 0.241. The topological polar surface area (TPSA) is 95.8 Å². The molecule has 0 unspecified atom stereocenters. The standard InChI is InChI=1S/C21H27N5O3/c1-2-15-6-9-21(10-7-15)19(28)26(20(29)24-21)14-18(27)22-11-8-16-13-25-12-4-3-5-17(25)23-16/h3-5,12-13,15H,2,6-11,14H2,1H3,(H,22,27)(H,24,29). The molecule has 29 heavy (non-hydrogen) atoms. The van der Waals surface area contributed by atoms with Crippen LogP contribution in [0.15, 0.2) is 30.6 Å². The monoisotopic (exact) mass is 397 g/mol. The Morgan fingerprint density at radius 3 is 2.83 bits per heavy atom. The van der Waals surface area contributed by atoms with Crippen LogP contribution in [0.3, 0.4) is 0 Å². The third-order valence-electron chi connectivity index (χ3n) is 6.20. The summed E-state index contributed by atoms with van der Waals surface area (Å²) in [6, 6.07) is 5.32. The molecule has 3 heterocycles. The molecule has 1 saturated heterocycles. The highest BCUT2D eigenvalue weighted by Gasteiger charge is 2.52. The molecule has 2 aliphatic rings. The van der Waals surface area contributed by atoms with Crippen LogP contribution in [0.25, 0.3) is 5.65 Å². The van der Waals surface area contributed by atoms with Gasteiger partial charge in [-0.2, -0.15) is 0 Å². The summed E-state index contributed by atoms with van der Waals surface area (Å²) in [7, 11) is 0. The molecular formula is C21H27N5O3. The Hall–Kier alpha value is -2.90. The van der Waals surface area contributed by atoms with E-state index in [0.717, 1.165) is 35.5 Å². The van der Waals surface area contributed by atoms with Crippen LogP contribution >= 0.6 is 0 Å². The summed E-state index contributed by atoms with van der Waals surface area (Å²) in [5.41, 5.74) is 0.925. The number of imide groups is 1. The van der Waals surface area contributed by atoms with Crippen LogP contribution in [0, 0.1) is 5.92 Å². The van der Waals surface area contributed by atoms with Crippen molar-refractivity contribution >= 4 is 23.5 Å². The Kier molecular flexibility index (Phi) is 5.25. The minimum Gasteiger partial charge on any atom is -0.354 e. The first-order valence-electron chi connectivity index (χ1n) is 10.3. The smallest absolute Gasteiger partial charge is 0.325 e. The van der Waals surface area contributed by atoms with Crippen molar-refractivity contribution in [1.82, 2.24) is 24.9 Å². The second-order valence-electron chi connectivity index (χ2n) is 8.05. The lowest BCUT2D eigenvalue weighted by Crippen LogP contribution is -2.50. The molecule has 0 aromatic carbocycles. The van der Waals surface area contributed by atoms with E-state index < -0.39 is 11.6 Å². The van der Waals surface area contributed by atoms with Gasteiger partial charge in [0, 0.05) is 25.4 Å². The number of carbonyl (C=O) groups excluding carboxylic acids is 3. The predicted octanol–water partition coefficient (Wildman–Crippen LogP) is 1.88. The normalized spacial score (nSPS) is 24.3. The summed E-state index contributed by atoms with van der Waals surface area (Å²) in [4.78, 5) is 43.1. The van der Waals surface area contributed by atoms with Crippen molar-refractivity contribution in [3.8, 4) is 0 Å². The summed E-state index contributed by atoms with van der Waals surface area (Å²) < 4.78 is 1.93. The minimum atomic E-state index is -0.806. The molecule has 2 N–H and O–H groups in total. The molecule has 154 valence electrons. The lowest BCUT2D eigenvalue weighted by molar-refractivity contribution is -0.136. The number of hydrogen-bond donors (Lipinski definition) is 2. The second-order valence-corrected chi connectivity index (χ2v) is 8.05. The fourth-order valence-electron chi connectivity index (χ4n) is 4.37. The predicted molar refractivity (Wildman–Crippen MR) is 107 cm³/mol. The van der Waals surface area contributed by atoms with E-state index in [9.17, 15) is 14.4 Å². The van der Waals surface area contributed by atoms with E-state index in [2.05, 4.69) is 22.5 Å². The summed E-state index contributed by atoms with van der Waals surface area (Å²) in [6.07, 6.45) is 8.70. The van der Waals surface area contributed by atoms with E-state index in [4.69, 9.17) is 0 Å². The summed E-state index contributed by atoms with van der Waals surface area (Å²) in [5, 5.41) is 5.65. The fraction of sp³-hybridized carbons (Fsp3) is 0.524. The van der Waals surface area contributed by atoms with Crippen LogP contribution in [0.2, 0.25) is 0 Å². The van der Waals surface area contributed by atoms with Gasteiger partial charge in [0.2, 0.25) is 5.91 Å². The Morgan fingerprint density at radius 1 is 1.31 bits per heavy atom. The Balaban J connectivity index is 1.29. The van der Waals surface area contributed by atoms with Gasteiger partial charge in [-0.05, 0) is 43.7 Å². The van der Waals surface area contributed by atoms with Crippen molar-refractivity contribution in [3.63, 3.8) is 0 Å². The van der Waals surface area contributed by atoms with E-state index in [0.29, 0.717) is 31.7 Å². The number of aromatic nitrogens is 2. The maximum absolute atomic E-state index is 12.9. The van der Waals surface area contributed by atoms with Gasteiger partial charge in [-0.15, -0.1) is 0 Å². The summed E-state index contributed by atoms with van der Waals surface area (Å²) in [6.45, 7) is 2.31. The number of carbonyl (C=O) groups is 3. The average molecular weight is 397 g/mol. The number of rotatable bonds is 6. The van der Waals surface area contributed by atoms with E-state index in [1.807, 2.05) is 35.0 Å². The second kappa shape index (κ2) is 7.85. The van der Waals surface area contributed by atoms with Crippen LogP contribution in [0.5, 0.6) is 0 Å². The third-order valence-corrected chi connectivity index (χ3v) is 6.20. The molecule has 1 saturated carbocycles. The maximum atomic E-state index is 12.9. The number of amides is 4. The molecule has 8 heteroatoms. The zero-order chi connectivity index (χ0) is 20.4. The van der Waals surface area contributed by atoms with E-state index >= 15 is 0 Å². The van der Waals surface area contributed by atoms with E-state index in [1.54, 1.807) is 0 Å². The van der Waals surface area contributed by atoms with Crippen LogP contribution in [-0.4, -0.2) is 50.8 Å². The molecule has 4 amide bonds. The van der Waals surface area contributed by atoms with Crippen molar-refractivity contribution < 1.29 is 14.4 Å². The molecule has 2 aromatic heterocycles. The van der Waals surface area contributed by atoms with Crippen molar-refractivity contribution in [2.24, 2.45) is 5.92 Å². The van der Waals surface area contributed by atoms with Gasteiger partial charge in [-0.3, -0.25) is 14.5 Å². The first kappa shape index (κ1) is 19.4. The molecule has 4 rings (SSSR count). The molecule has 0 atom stereocenters. The van der Waals surface area contributed by atoms with Crippen LogP contribution < -0.4 is 10.6 Å². The lowest BCUT2D eigenvalue weighted by atomic mass is 9.75. The van der Waals surface area contributed by atoms with Gasteiger partial charge in [0.25, 0.3) is 5.91 Å². The number of pyridine rings is 1. The molecule has 2 aromatic rings. The molecule has 1 aliphatic carbocycles. The first-order valence-corrected chi connectivity index (χ1v) is 10.3. The third kappa shape index (κ3) is 3.83. The van der Waals surface area contributed by atoms with Crippen molar-refractivity contribution in [2.75, 3.05) is 13.1 Å². The molecule has 2 fully saturated rings. The van der Waals surface area contributed by atoms with Crippen molar-refractivity contribution in [2.45, 2.75) is 51.0 Å². The Labute approximate surface area is 169 Å². The van der Waals surface area contributed by atoms with Gasteiger partial charge in [0.05, 0.1) is 5.69 Å². The van der Waals surface area contributed by atoms with Gasteiger partial charge in [0.1, 0.15) is 17.7 Å². The number of nitrogens with zero attached hydrogens (tertiary/aromatic N) is 3. The largest absolute Gasteiger partial charge is 0.354 e. The lowest BCUT2D eigenvalue weighted by Gasteiger charge is -2.34. The molecule has 0 bridgehead atoms. The maximum Gasteiger partial charge on any atom is 0.325 e. The highest BCUT2D eigenvalue weighted by Crippen LogP contribution is 2.37.